The van der Waals surface area contributed by atoms with Crippen LogP contribution >= 0.6 is 34.9 Å². The molecule has 7 heteroatoms. The predicted molar refractivity (Wildman–Crippen MR) is 115 cm³/mol. The van der Waals surface area contributed by atoms with E-state index in [0.29, 0.717) is 16.4 Å². The second kappa shape index (κ2) is 8.46. The molecule has 0 aliphatic carbocycles. The highest BCUT2D eigenvalue weighted by atomic mass is 35.5. The van der Waals surface area contributed by atoms with Gasteiger partial charge in [-0.2, -0.15) is 0 Å². The van der Waals surface area contributed by atoms with E-state index in [-0.39, 0.29) is 0 Å². The molecule has 3 rings (SSSR count). The Morgan fingerprint density at radius 2 is 1.70 bits per heavy atom. The lowest BCUT2D eigenvalue weighted by Crippen LogP contribution is -2.12. The van der Waals surface area contributed by atoms with Crippen molar-refractivity contribution in [2.75, 3.05) is 14.1 Å². The summed E-state index contributed by atoms with van der Waals surface area (Å²) < 4.78 is 0. The van der Waals surface area contributed by atoms with Gasteiger partial charge in [0.05, 0.1) is 0 Å². The Labute approximate surface area is 171 Å². The number of carboxylic acids is 1. The molecule has 0 aliphatic heterocycles. The zero-order valence-electron chi connectivity index (χ0n) is 14.9. The highest BCUT2D eigenvalue weighted by Gasteiger charge is 2.24. The Hall–Kier alpha value is -1.83. The summed E-state index contributed by atoms with van der Waals surface area (Å²) in [6.07, 6.45) is 0. The third-order valence-electron chi connectivity index (χ3n) is 4.06. The number of nitrogens with two attached hydrogens (primary N) is 1. The highest BCUT2D eigenvalue weighted by molar-refractivity contribution is 7.97. The zero-order valence-corrected chi connectivity index (χ0v) is 17.3. The van der Waals surface area contributed by atoms with Crippen molar-refractivity contribution >= 4 is 40.9 Å². The van der Waals surface area contributed by atoms with Gasteiger partial charge in [-0.3, -0.25) is 5.14 Å². The minimum Gasteiger partial charge on any atom is -0.477 e. The second-order valence-corrected chi connectivity index (χ2v) is 8.47. The fourth-order valence-corrected chi connectivity index (χ4v) is 4.52. The number of thiophene rings is 1. The number of hydrogen-bond donors (Lipinski definition) is 2. The Balaban J connectivity index is 2.25. The molecular formula is C20H19ClN2O2S2. The van der Waals surface area contributed by atoms with Crippen molar-refractivity contribution in [3.63, 3.8) is 0 Å². The molecule has 0 unspecified atom stereocenters. The predicted octanol–water partition coefficient (Wildman–Crippen LogP) is 5.46. The van der Waals surface area contributed by atoms with Crippen LogP contribution in [0.15, 0.2) is 53.4 Å². The van der Waals surface area contributed by atoms with Gasteiger partial charge in [-0.15, -0.1) is 11.3 Å². The topological polar surface area (TPSA) is 66.6 Å². The Morgan fingerprint density at radius 1 is 1.11 bits per heavy atom. The lowest BCUT2D eigenvalue weighted by Gasteiger charge is -2.14. The average Bonchev–Trinajstić information content (AvgIpc) is 3.01. The Morgan fingerprint density at radius 3 is 2.22 bits per heavy atom. The van der Waals surface area contributed by atoms with E-state index in [1.807, 2.05) is 67.5 Å². The number of nitrogens with zero attached hydrogens (tertiary/aromatic N) is 1. The molecule has 0 spiro atoms. The second-order valence-electron chi connectivity index (χ2n) is 6.31. The molecule has 0 atom stereocenters. The van der Waals surface area contributed by atoms with Crippen LogP contribution < -0.4 is 5.14 Å². The van der Waals surface area contributed by atoms with Crippen LogP contribution in [-0.2, 0) is 6.54 Å². The van der Waals surface area contributed by atoms with Gasteiger partial charge in [0.2, 0.25) is 0 Å². The molecule has 0 fully saturated rings. The smallest absolute Gasteiger partial charge is 0.346 e. The minimum atomic E-state index is -0.924. The largest absolute Gasteiger partial charge is 0.477 e. The first-order valence-corrected chi connectivity index (χ1v) is 10.2. The first-order chi connectivity index (χ1) is 12.9. The first kappa shape index (κ1) is 19.9. The zero-order chi connectivity index (χ0) is 19.6. The maximum Gasteiger partial charge on any atom is 0.346 e. The van der Waals surface area contributed by atoms with E-state index < -0.39 is 5.97 Å². The van der Waals surface area contributed by atoms with Crippen molar-refractivity contribution in [1.29, 1.82) is 0 Å². The third kappa shape index (κ3) is 4.36. The van der Waals surface area contributed by atoms with Crippen LogP contribution in [0.3, 0.4) is 0 Å². The summed E-state index contributed by atoms with van der Waals surface area (Å²) in [6, 6.07) is 15.2. The van der Waals surface area contributed by atoms with Crippen LogP contribution in [0.25, 0.3) is 21.6 Å². The van der Waals surface area contributed by atoms with E-state index in [2.05, 4.69) is 0 Å². The number of benzene rings is 2. The quantitative estimate of drug-likeness (QED) is 0.520. The van der Waals surface area contributed by atoms with Crippen molar-refractivity contribution in [1.82, 2.24) is 4.90 Å². The molecule has 0 amide bonds. The van der Waals surface area contributed by atoms with Crippen LogP contribution in [0, 0.1) is 0 Å². The Bertz CT molecular complexity index is 951. The molecule has 0 saturated carbocycles. The summed E-state index contributed by atoms with van der Waals surface area (Å²) in [5.74, 6) is -0.924. The van der Waals surface area contributed by atoms with Crippen molar-refractivity contribution < 1.29 is 9.90 Å². The molecule has 3 aromatic rings. The van der Waals surface area contributed by atoms with Crippen LogP contribution in [0.2, 0.25) is 5.02 Å². The molecule has 1 aromatic heterocycles. The van der Waals surface area contributed by atoms with E-state index in [4.69, 9.17) is 16.7 Å². The summed E-state index contributed by atoms with van der Waals surface area (Å²) in [6.45, 7) is 0.629. The monoisotopic (exact) mass is 418 g/mol. The van der Waals surface area contributed by atoms with Gasteiger partial charge in [-0.25, -0.2) is 4.79 Å². The molecule has 2 aromatic carbocycles. The maximum absolute atomic E-state index is 12.0. The van der Waals surface area contributed by atoms with Gasteiger partial charge in [-0.1, -0.05) is 35.9 Å². The average molecular weight is 419 g/mol. The van der Waals surface area contributed by atoms with Crippen molar-refractivity contribution in [2.24, 2.45) is 5.14 Å². The van der Waals surface area contributed by atoms with Gasteiger partial charge in [-0.05, 0) is 67.0 Å². The van der Waals surface area contributed by atoms with Gasteiger partial charge < -0.3 is 10.0 Å². The van der Waals surface area contributed by atoms with Gasteiger partial charge in [0, 0.05) is 26.9 Å². The summed E-state index contributed by atoms with van der Waals surface area (Å²) in [4.78, 5) is 16.3. The lowest BCUT2D eigenvalue weighted by atomic mass is 9.97. The number of carboxylic acid groups (broad SMARTS) is 1. The van der Waals surface area contributed by atoms with Gasteiger partial charge in [0.1, 0.15) is 4.88 Å². The molecule has 0 bridgehead atoms. The van der Waals surface area contributed by atoms with E-state index in [9.17, 15) is 9.90 Å². The van der Waals surface area contributed by atoms with Crippen molar-refractivity contribution in [2.45, 2.75) is 11.4 Å². The first-order valence-electron chi connectivity index (χ1n) is 8.17. The minimum absolute atomic E-state index is 0.338. The fourth-order valence-electron chi connectivity index (χ4n) is 2.92. The molecular weight excluding hydrogens is 400 g/mol. The van der Waals surface area contributed by atoms with E-state index in [0.717, 1.165) is 32.0 Å². The maximum atomic E-state index is 12.0. The number of hydrogen-bond acceptors (Lipinski definition) is 5. The summed E-state index contributed by atoms with van der Waals surface area (Å²) >= 11 is 8.49. The molecule has 0 aliphatic rings. The molecule has 4 nitrogen and oxygen atoms in total. The summed E-state index contributed by atoms with van der Waals surface area (Å²) in [5, 5.41) is 16.1. The van der Waals surface area contributed by atoms with E-state index in [1.54, 1.807) is 0 Å². The van der Waals surface area contributed by atoms with E-state index >= 15 is 0 Å². The van der Waals surface area contributed by atoms with Gasteiger partial charge in [0.15, 0.2) is 0 Å². The van der Waals surface area contributed by atoms with E-state index in [1.165, 1.54) is 23.3 Å². The SMILES string of the molecule is CN(C)Cc1c(-c2ccc(Cl)cc2)sc(C(=O)O)c1-c1ccc(SN)cc1. The van der Waals surface area contributed by atoms with Crippen LogP contribution in [-0.4, -0.2) is 30.1 Å². The highest BCUT2D eigenvalue weighted by Crippen LogP contribution is 2.43. The third-order valence-corrected chi connectivity index (χ3v) is 6.13. The molecule has 0 saturated heterocycles. The molecule has 3 N–H and O–H groups in total. The molecule has 27 heavy (non-hydrogen) atoms. The normalized spacial score (nSPS) is 11.1. The van der Waals surface area contributed by atoms with Gasteiger partial charge >= 0.3 is 5.97 Å². The number of rotatable bonds is 6. The van der Waals surface area contributed by atoms with Crippen LogP contribution in [0.4, 0.5) is 0 Å². The van der Waals surface area contributed by atoms with Crippen molar-refractivity contribution in [3.8, 4) is 21.6 Å². The van der Waals surface area contributed by atoms with Crippen LogP contribution in [0.1, 0.15) is 15.2 Å². The Kier molecular flexibility index (Phi) is 6.24. The molecule has 1 heterocycles. The lowest BCUT2D eigenvalue weighted by molar-refractivity contribution is 0.0703. The fraction of sp³-hybridized carbons (Fsp3) is 0.150. The standard InChI is InChI=1S/C20H19ClN2O2S2/c1-23(2)11-16-17(12-5-9-15(27-22)10-6-12)19(20(24)25)26-18(16)13-3-7-14(21)8-4-13/h3-10H,11,22H2,1-2H3,(H,24,25). The van der Waals surface area contributed by atoms with Crippen LogP contribution in [0.5, 0.6) is 0 Å². The summed E-state index contributed by atoms with van der Waals surface area (Å²) in [5.41, 5.74) is 3.60. The number of carbonyl (C=O) groups is 1. The molecule has 140 valence electrons. The number of aromatic carboxylic acids is 1. The van der Waals surface area contributed by atoms with Gasteiger partial charge in [0.25, 0.3) is 0 Å². The number of halogens is 1. The summed E-state index contributed by atoms with van der Waals surface area (Å²) in [7, 11) is 3.95. The molecule has 0 radical (unpaired) electrons. The van der Waals surface area contributed by atoms with Crippen molar-refractivity contribution in [3.05, 3.63) is 64.0 Å².